The molecule has 0 aliphatic carbocycles. The number of hydrogen-bond acceptors (Lipinski definition) is 5. The van der Waals surface area contributed by atoms with E-state index in [-0.39, 0.29) is 17.2 Å². The Morgan fingerprint density at radius 1 is 1.24 bits per heavy atom. The highest BCUT2D eigenvalue weighted by Gasteiger charge is 2.21. The number of rotatable bonds is 4. The lowest BCUT2D eigenvalue weighted by atomic mass is 10.2. The third-order valence-electron chi connectivity index (χ3n) is 3.85. The van der Waals surface area contributed by atoms with Gasteiger partial charge in [0.2, 0.25) is 5.91 Å². The van der Waals surface area contributed by atoms with E-state index >= 15 is 0 Å². The zero-order chi connectivity index (χ0) is 18.0. The summed E-state index contributed by atoms with van der Waals surface area (Å²) in [7, 11) is 0. The first kappa shape index (κ1) is 16.4. The largest absolute Gasteiger partial charge is 0.322 e. The second kappa shape index (κ2) is 6.56. The van der Waals surface area contributed by atoms with Gasteiger partial charge in [-0.25, -0.2) is 0 Å². The molecule has 0 saturated carbocycles. The van der Waals surface area contributed by atoms with Crippen LogP contribution in [0.15, 0.2) is 41.3 Å². The minimum atomic E-state index is -0.755. The molecule has 0 radical (unpaired) electrons. The molecule has 1 saturated heterocycles. The van der Waals surface area contributed by atoms with Crippen LogP contribution in [0.4, 0.5) is 17.1 Å². The van der Waals surface area contributed by atoms with Crippen LogP contribution in [0.3, 0.4) is 0 Å². The van der Waals surface area contributed by atoms with Crippen molar-refractivity contribution in [2.75, 3.05) is 16.8 Å². The number of nitrogens with zero attached hydrogens (tertiary/aromatic N) is 2. The first-order chi connectivity index (χ1) is 12.0. The molecule has 1 fully saturated rings. The third-order valence-corrected chi connectivity index (χ3v) is 3.85. The Bertz CT molecular complexity index is 903. The molecule has 0 atom stereocenters. The number of aromatic amines is 1. The summed E-state index contributed by atoms with van der Waals surface area (Å²) < 4.78 is 0. The van der Waals surface area contributed by atoms with Gasteiger partial charge in [-0.1, -0.05) is 0 Å². The molecular formula is C16H14N4O5. The number of nitrogens with one attached hydrogen (secondary N) is 2. The van der Waals surface area contributed by atoms with Crippen molar-refractivity contribution in [3.05, 3.63) is 62.6 Å². The van der Waals surface area contributed by atoms with E-state index in [1.807, 2.05) is 0 Å². The second-order valence-corrected chi connectivity index (χ2v) is 5.51. The summed E-state index contributed by atoms with van der Waals surface area (Å²) in [6.45, 7) is 0.660. The molecule has 128 valence electrons. The van der Waals surface area contributed by atoms with E-state index in [0.717, 1.165) is 24.4 Å². The SMILES string of the molecule is O=C(Nc1ccc(N2CCCC2=O)cc1)c1cc([N+](=O)[O-])c[nH]c1=O. The molecule has 1 aliphatic rings. The van der Waals surface area contributed by atoms with Crippen LogP contribution in [0.5, 0.6) is 0 Å². The van der Waals surface area contributed by atoms with Gasteiger partial charge in [0, 0.05) is 30.4 Å². The number of anilines is 2. The van der Waals surface area contributed by atoms with Crippen molar-refractivity contribution in [3.8, 4) is 0 Å². The highest BCUT2D eigenvalue weighted by molar-refractivity contribution is 6.04. The molecular weight excluding hydrogens is 328 g/mol. The number of hydrogen-bond donors (Lipinski definition) is 2. The lowest BCUT2D eigenvalue weighted by Gasteiger charge is -2.16. The van der Waals surface area contributed by atoms with E-state index in [4.69, 9.17) is 0 Å². The average Bonchev–Trinajstić information content (AvgIpc) is 3.01. The standard InChI is InChI=1S/C16H14N4O5/c21-14-2-1-7-19(14)11-5-3-10(4-6-11)18-16(23)13-8-12(20(24)25)9-17-15(13)22/h3-6,8-9H,1-2,7H2,(H,17,22)(H,18,23). The fourth-order valence-electron chi connectivity index (χ4n) is 2.59. The van der Waals surface area contributed by atoms with Gasteiger partial charge in [0.1, 0.15) is 5.56 Å². The van der Waals surface area contributed by atoms with Crippen molar-refractivity contribution in [2.45, 2.75) is 12.8 Å². The van der Waals surface area contributed by atoms with Crippen LogP contribution in [0.2, 0.25) is 0 Å². The zero-order valence-electron chi connectivity index (χ0n) is 13.0. The van der Waals surface area contributed by atoms with E-state index < -0.39 is 16.4 Å². The first-order valence-electron chi connectivity index (χ1n) is 7.54. The summed E-state index contributed by atoms with van der Waals surface area (Å²) in [4.78, 5) is 49.5. The lowest BCUT2D eigenvalue weighted by molar-refractivity contribution is -0.385. The van der Waals surface area contributed by atoms with Crippen LogP contribution in [-0.2, 0) is 4.79 Å². The predicted molar refractivity (Wildman–Crippen MR) is 89.7 cm³/mol. The maximum Gasteiger partial charge on any atom is 0.286 e. The Morgan fingerprint density at radius 3 is 2.56 bits per heavy atom. The summed E-state index contributed by atoms with van der Waals surface area (Å²) in [6.07, 6.45) is 2.27. The number of H-pyrrole nitrogens is 1. The lowest BCUT2D eigenvalue weighted by Crippen LogP contribution is -2.24. The normalized spacial score (nSPS) is 13.8. The first-order valence-corrected chi connectivity index (χ1v) is 7.54. The molecule has 25 heavy (non-hydrogen) atoms. The summed E-state index contributed by atoms with van der Waals surface area (Å²) in [6, 6.07) is 7.51. The van der Waals surface area contributed by atoms with E-state index in [1.165, 1.54) is 0 Å². The van der Waals surface area contributed by atoms with Gasteiger partial charge in [-0.05, 0) is 30.7 Å². The maximum absolute atomic E-state index is 12.2. The number of benzene rings is 1. The van der Waals surface area contributed by atoms with Crippen molar-refractivity contribution < 1.29 is 14.5 Å². The van der Waals surface area contributed by atoms with Gasteiger partial charge in [-0.3, -0.25) is 24.5 Å². The topological polar surface area (TPSA) is 125 Å². The molecule has 3 rings (SSSR count). The Kier molecular flexibility index (Phi) is 4.29. The second-order valence-electron chi connectivity index (χ2n) is 5.51. The third kappa shape index (κ3) is 3.39. The van der Waals surface area contributed by atoms with E-state index in [1.54, 1.807) is 29.2 Å². The molecule has 0 unspecified atom stereocenters. The minimum absolute atomic E-state index is 0.0555. The minimum Gasteiger partial charge on any atom is -0.322 e. The molecule has 1 aliphatic heterocycles. The molecule has 2 amide bonds. The van der Waals surface area contributed by atoms with Gasteiger partial charge < -0.3 is 15.2 Å². The number of amides is 2. The van der Waals surface area contributed by atoms with Gasteiger partial charge in [0.15, 0.2) is 0 Å². The predicted octanol–water partition coefficient (Wildman–Crippen LogP) is 1.66. The number of pyridine rings is 1. The van der Waals surface area contributed by atoms with Crippen LogP contribution in [0.1, 0.15) is 23.2 Å². The van der Waals surface area contributed by atoms with Crippen molar-refractivity contribution >= 4 is 28.9 Å². The smallest absolute Gasteiger partial charge is 0.286 e. The van der Waals surface area contributed by atoms with E-state index in [9.17, 15) is 24.5 Å². The van der Waals surface area contributed by atoms with E-state index in [0.29, 0.717) is 18.7 Å². The molecule has 9 heteroatoms. The van der Waals surface area contributed by atoms with Gasteiger partial charge in [-0.2, -0.15) is 0 Å². The van der Waals surface area contributed by atoms with Gasteiger partial charge in [-0.15, -0.1) is 0 Å². The van der Waals surface area contributed by atoms with Gasteiger partial charge in [0.25, 0.3) is 17.2 Å². The Balaban J connectivity index is 1.77. The van der Waals surface area contributed by atoms with Gasteiger partial charge >= 0.3 is 0 Å². The van der Waals surface area contributed by atoms with Crippen LogP contribution >= 0.6 is 0 Å². The van der Waals surface area contributed by atoms with Crippen molar-refractivity contribution in [3.63, 3.8) is 0 Å². The van der Waals surface area contributed by atoms with Crippen LogP contribution in [-0.4, -0.2) is 28.3 Å². The fourth-order valence-corrected chi connectivity index (χ4v) is 2.59. The van der Waals surface area contributed by atoms with Crippen LogP contribution in [0.25, 0.3) is 0 Å². The Labute approximate surface area is 141 Å². The molecule has 2 N–H and O–H groups in total. The van der Waals surface area contributed by atoms with Crippen LogP contribution < -0.4 is 15.8 Å². The summed E-state index contributed by atoms with van der Waals surface area (Å²) >= 11 is 0. The van der Waals surface area contributed by atoms with Gasteiger partial charge in [0.05, 0.1) is 11.1 Å². The number of nitro groups is 1. The molecule has 0 bridgehead atoms. The molecule has 9 nitrogen and oxygen atoms in total. The molecule has 0 spiro atoms. The van der Waals surface area contributed by atoms with Crippen molar-refractivity contribution in [1.82, 2.24) is 4.98 Å². The summed E-state index contributed by atoms with van der Waals surface area (Å²) in [5.74, 6) is -0.699. The maximum atomic E-state index is 12.2. The van der Waals surface area contributed by atoms with E-state index in [2.05, 4.69) is 10.3 Å². The molecule has 1 aromatic heterocycles. The molecule has 2 heterocycles. The number of carbonyl (C=O) groups excluding carboxylic acids is 2. The fraction of sp³-hybridized carbons (Fsp3) is 0.188. The Hall–Kier alpha value is -3.49. The highest BCUT2D eigenvalue weighted by atomic mass is 16.6. The van der Waals surface area contributed by atoms with Crippen molar-refractivity contribution in [1.29, 1.82) is 0 Å². The zero-order valence-corrected chi connectivity index (χ0v) is 13.0. The molecule has 2 aromatic rings. The summed E-state index contributed by atoms with van der Waals surface area (Å²) in [5, 5.41) is 13.3. The quantitative estimate of drug-likeness (QED) is 0.645. The monoisotopic (exact) mass is 342 g/mol. The average molecular weight is 342 g/mol. The summed E-state index contributed by atoms with van der Waals surface area (Å²) in [5.41, 5.74) is -0.317. The van der Waals surface area contributed by atoms with Crippen molar-refractivity contribution in [2.24, 2.45) is 0 Å². The Morgan fingerprint density at radius 2 is 1.96 bits per heavy atom. The molecule has 1 aromatic carbocycles. The number of aromatic nitrogens is 1. The number of carbonyl (C=O) groups is 2. The highest BCUT2D eigenvalue weighted by Crippen LogP contribution is 2.23. The van der Waals surface area contributed by atoms with Crippen LogP contribution in [0, 0.1) is 10.1 Å².